The summed E-state index contributed by atoms with van der Waals surface area (Å²) in [5.41, 5.74) is 6.21. The molecular formula is C14H32N2. The van der Waals surface area contributed by atoms with Gasteiger partial charge in [-0.15, -0.1) is 0 Å². The minimum atomic E-state index is 0.427. The number of nitrogens with one attached hydrogen (secondary N) is 1. The maximum atomic E-state index is 5.79. The molecule has 2 nitrogen and oxygen atoms in total. The zero-order chi connectivity index (χ0) is 12.6. The van der Waals surface area contributed by atoms with Crippen molar-refractivity contribution in [3.8, 4) is 0 Å². The van der Waals surface area contributed by atoms with E-state index in [1.165, 1.54) is 19.3 Å². The van der Waals surface area contributed by atoms with Gasteiger partial charge in [-0.25, -0.2) is 0 Å². The highest BCUT2D eigenvalue weighted by molar-refractivity contribution is 4.70. The zero-order valence-corrected chi connectivity index (χ0v) is 12.0. The number of hydrogen-bond donors (Lipinski definition) is 2. The van der Waals surface area contributed by atoms with Crippen molar-refractivity contribution in [1.82, 2.24) is 5.32 Å². The third-order valence-electron chi connectivity index (χ3n) is 3.43. The molecule has 1 atom stereocenters. The van der Waals surface area contributed by atoms with E-state index in [4.69, 9.17) is 5.73 Å². The Bertz CT molecular complexity index is 164. The fourth-order valence-corrected chi connectivity index (χ4v) is 1.86. The van der Waals surface area contributed by atoms with Gasteiger partial charge in [0.05, 0.1) is 0 Å². The fraction of sp³-hybridized carbons (Fsp3) is 1.00. The molecule has 0 radical (unpaired) electrons. The van der Waals surface area contributed by atoms with Crippen molar-refractivity contribution >= 4 is 0 Å². The summed E-state index contributed by atoms with van der Waals surface area (Å²) in [6, 6.07) is 0. The first-order valence-corrected chi connectivity index (χ1v) is 6.82. The summed E-state index contributed by atoms with van der Waals surface area (Å²) in [5.74, 6) is 1.46. The number of rotatable bonds is 9. The lowest BCUT2D eigenvalue weighted by molar-refractivity contribution is 0.315. The third kappa shape index (κ3) is 8.12. The highest BCUT2D eigenvalue weighted by atomic mass is 14.9. The average Bonchev–Trinajstić information content (AvgIpc) is 2.22. The molecule has 0 fully saturated rings. The van der Waals surface area contributed by atoms with Crippen LogP contribution in [0.25, 0.3) is 0 Å². The second-order valence-electron chi connectivity index (χ2n) is 6.21. The van der Waals surface area contributed by atoms with Crippen molar-refractivity contribution in [1.29, 1.82) is 0 Å². The first kappa shape index (κ1) is 15.9. The molecule has 0 spiro atoms. The molecule has 1 unspecified atom stereocenters. The Morgan fingerprint density at radius 3 is 2.31 bits per heavy atom. The molecule has 2 heteroatoms. The molecule has 0 bridgehead atoms. The Morgan fingerprint density at radius 1 is 1.25 bits per heavy atom. The predicted octanol–water partition coefficient (Wildman–Crippen LogP) is 3.02. The molecule has 0 aromatic heterocycles. The molecule has 0 aliphatic rings. The van der Waals surface area contributed by atoms with Crippen LogP contribution >= 0.6 is 0 Å². The molecule has 3 N–H and O–H groups in total. The van der Waals surface area contributed by atoms with Crippen LogP contribution in [-0.2, 0) is 0 Å². The first-order valence-electron chi connectivity index (χ1n) is 6.82. The van der Waals surface area contributed by atoms with Gasteiger partial charge in [-0.3, -0.25) is 0 Å². The summed E-state index contributed by atoms with van der Waals surface area (Å²) < 4.78 is 0. The molecule has 0 saturated heterocycles. The summed E-state index contributed by atoms with van der Waals surface area (Å²) in [5, 5.41) is 3.56. The Labute approximate surface area is 102 Å². The number of hydrogen-bond acceptors (Lipinski definition) is 2. The largest absolute Gasteiger partial charge is 0.330 e. The predicted molar refractivity (Wildman–Crippen MR) is 73.6 cm³/mol. The van der Waals surface area contributed by atoms with Crippen LogP contribution in [0.3, 0.4) is 0 Å². The van der Waals surface area contributed by atoms with Crippen LogP contribution < -0.4 is 11.1 Å². The van der Waals surface area contributed by atoms with Crippen LogP contribution in [0.1, 0.15) is 53.9 Å². The van der Waals surface area contributed by atoms with Gasteiger partial charge in [0.25, 0.3) is 0 Å². The van der Waals surface area contributed by atoms with Gasteiger partial charge in [0.15, 0.2) is 0 Å². The van der Waals surface area contributed by atoms with Gasteiger partial charge >= 0.3 is 0 Å². The smallest absolute Gasteiger partial charge is 0.000242 e. The fourth-order valence-electron chi connectivity index (χ4n) is 1.86. The van der Waals surface area contributed by atoms with E-state index >= 15 is 0 Å². The standard InChI is InChI=1S/C14H32N2/c1-6-14(4,5)11-16-8-7-13(10-15)9-12(2)3/h12-13,16H,6-11,15H2,1-5H3. The zero-order valence-electron chi connectivity index (χ0n) is 12.0. The minimum Gasteiger partial charge on any atom is -0.330 e. The Hall–Kier alpha value is -0.0800. The van der Waals surface area contributed by atoms with Crippen molar-refractivity contribution in [3.05, 3.63) is 0 Å². The van der Waals surface area contributed by atoms with E-state index in [0.29, 0.717) is 11.3 Å². The summed E-state index contributed by atoms with van der Waals surface area (Å²) in [6.07, 6.45) is 3.70. The Morgan fingerprint density at radius 2 is 1.88 bits per heavy atom. The van der Waals surface area contributed by atoms with Gasteiger partial charge < -0.3 is 11.1 Å². The van der Waals surface area contributed by atoms with Gasteiger partial charge in [-0.1, -0.05) is 34.6 Å². The van der Waals surface area contributed by atoms with Crippen molar-refractivity contribution in [3.63, 3.8) is 0 Å². The quantitative estimate of drug-likeness (QED) is 0.595. The molecule has 0 aromatic rings. The second kappa shape index (κ2) is 8.08. The van der Waals surface area contributed by atoms with Crippen molar-refractivity contribution in [2.45, 2.75) is 53.9 Å². The van der Waals surface area contributed by atoms with Crippen LogP contribution in [0, 0.1) is 17.3 Å². The molecule has 0 heterocycles. The Kier molecular flexibility index (Phi) is 8.04. The summed E-state index contributed by atoms with van der Waals surface area (Å²) in [6.45, 7) is 14.5. The summed E-state index contributed by atoms with van der Waals surface area (Å²) >= 11 is 0. The van der Waals surface area contributed by atoms with E-state index in [2.05, 4.69) is 39.9 Å². The van der Waals surface area contributed by atoms with Crippen LogP contribution in [0.15, 0.2) is 0 Å². The lowest BCUT2D eigenvalue weighted by atomic mass is 9.90. The molecular weight excluding hydrogens is 196 g/mol. The van der Waals surface area contributed by atoms with Gasteiger partial charge in [0.2, 0.25) is 0 Å². The van der Waals surface area contributed by atoms with Crippen molar-refractivity contribution in [2.24, 2.45) is 23.0 Å². The SMILES string of the molecule is CCC(C)(C)CNCCC(CN)CC(C)C. The van der Waals surface area contributed by atoms with Crippen molar-refractivity contribution < 1.29 is 0 Å². The lowest BCUT2D eigenvalue weighted by Gasteiger charge is -2.24. The van der Waals surface area contributed by atoms with E-state index in [9.17, 15) is 0 Å². The molecule has 0 aromatic carbocycles. The molecule has 0 aliphatic carbocycles. The molecule has 0 aliphatic heterocycles. The number of nitrogens with two attached hydrogens (primary N) is 1. The molecule has 0 rings (SSSR count). The minimum absolute atomic E-state index is 0.427. The van der Waals surface area contributed by atoms with E-state index in [1.54, 1.807) is 0 Å². The van der Waals surface area contributed by atoms with Gasteiger partial charge in [-0.05, 0) is 49.6 Å². The van der Waals surface area contributed by atoms with E-state index in [1.807, 2.05) is 0 Å². The molecule has 16 heavy (non-hydrogen) atoms. The van der Waals surface area contributed by atoms with E-state index in [-0.39, 0.29) is 0 Å². The average molecular weight is 228 g/mol. The van der Waals surface area contributed by atoms with Gasteiger partial charge in [0.1, 0.15) is 0 Å². The topological polar surface area (TPSA) is 38.0 Å². The summed E-state index contributed by atoms with van der Waals surface area (Å²) in [4.78, 5) is 0. The first-order chi connectivity index (χ1) is 7.41. The van der Waals surface area contributed by atoms with E-state index < -0.39 is 0 Å². The highest BCUT2D eigenvalue weighted by Crippen LogP contribution is 2.18. The van der Waals surface area contributed by atoms with Crippen molar-refractivity contribution in [2.75, 3.05) is 19.6 Å². The van der Waals surface area contributed by atoms with Crippen LogP contribution in [0.5, 0.6) is 0 Å². The normalized spacial score (nSPS) is 14.4. The maximum Gasteiger partial charge on any atom is 0.000242 e. The maximum absolute atomic E-state index is 5.79. The Balaban J connectivity index is 3.63. The van der Waals surface area contributed by atoms with Crippen LogP contribution in [0.2, 0.25) is 0 Å². The highest BCUT2D eigenvalue weighted by Gasteiger charge is 2.14. The van der Waals surface area contributed by atoms with Crippen LogP contribution in [0.4, 0.5) is 0 Å². The summed E-state index contributed by atoms with van der Waals surface area (Å²) in [7, 11) is 0. The van der Waals surface area contributed by atoms with Crippen LogP contribution in [-0.4, -0.2) is 19.6 Å². The van der Waals surface area contributed by atoms with Gasteiger partial charge in [-0.2, -0.15) is 0 Å². The third-order valence-corrected chi connectivity index (χ3v) is 3.43. The lowest BCUT2D eigenvalue weighted by Crippen LogP contribution is -2.31. The van der Waals surface area contributed by atoms with Gasteiger partial charge in [0, 0.05) is 6.54 Å². The molecule has 0 saturated carbocycles. The monoisotopic (exact) mass is 228 g/mol. The molecule has 98 valence electrons. The second-order valence-corrected chi connectivity index (χ2v) is 6.21. The molecule has 0 amide bonds. The van der Waals surface area contributed by atoms with E-state index in [0.717, 1.165) is 25.6 Å².